The molecule has 0 heterocycles. The van der Waals surface area contributed by atoms with Gasteiger partial charge in [-0.05, 0) is 12.1 Å². The summed E-state index contributed by atoms with van der Waals surface area (Å²) in [5, 5.41) is 12.2. The lowest BCUT2D eigenvalue weighted by atomic mass is 10.1. The molecule has 0 saturated carbocycles. The molecule has 0 atom stereocenters. The Labute approximate surface area is 109 Å². The predicted octanol–water partition coefficient (Wildman–Crippen LogP) is 1.58. The Morgan fingerprint density at radius 2 is 1.74 bits per heavy atom. The molecule has 0 amide bonds. The Morgan fingerprint density at radius 1 is 1.11 bits per heavy atom. The molecular weight excluding hydrogens is 270 g/mol. The summed E-state index contributed by atoms with van der Waals surface area (Å²) in [6.07, 6.45) is 0. The first-order valence-electron chi connectivity index (χ1n) is 5.34. The fourth-order valence-electron chi connectivity index (χ4n) is 1.82. The third-order valence-electron chi connectivity index (χ3n) is 2.59. The van der Waals surface area contributed by atoms with E-state index in [0.717, 1.165) is 0 Å². The molecule has 0 radical (unpaired) electrons. The van der Waals surface area contributed by atoms with Crippen molar-refractivity contribution in [1.29, 1.82) is 0 Å². The highest BCUT2D eigenvalue weighted by Crippen LogP contribution is 2.29. The van der Waals surface area contributed by atoms with Crippen molar-refractivity contribution in [3.05, 3.63) is 36.4 Å². The van der Waals surface area contributed by atoms with Crippen molar-refractivity contribution >= 4 is 32.5 Å². The van der Waals surface area contributed by atoms with E-state index in [1.807, 2.05) is 0 Å². The van der Waals surface area contributed by atoms with Gasteiger partial charge in [0.15, 0.2) is 0 Å². The number of carbonyl (C=O) groups is 1. The molecule has 0 aliphatic carbocycles. The Bertz CT molecular complexity index is 739. The summed E-state index contributed by atoms with van der Waals surface area (Å²) in [6, 6.07) is 9.19. The molecule has 19 heavy (non-hydrogen) atoms. The van der Waals surface area contributed by atoms with E-state index < -0.39 is 16.1 Å². The molecule has 0 fully saturated rings. The second-order valence-corrected chi connectivity index (χ2v) is 5.27. The minimum Gasteiger partial charge on any atom is -0.480 e. The number of hydrogen-bond acceptors (Lipinski definition) is 4. The molecule has 2 rings (SSSR count). The van der Waals surface area contributed by atoms with Crippen LogP contribution < -0.4 is 5.32 Å². The van der Waals surface area contributed by atoms with Gasteiger partial charge in [0.05, 0.1) is 0 Å². The number of fused-ring (bicyclic) bond motifs is 1. The molecule has 3 N–H and O–H groups in total. The zero-order chi connectivity index (χ0) is 14.0. The molecule has 0 unspecified atom stereocenters. The minimum atomic E-state index is -4.32. The number of carboxylic acids is 1. The highest BCUT2D eigenvalue weighted by Gasteiger charge is 2.15. The van der Waals surface area contributed by atoms with Gasteiger partial charge < -0.3 is 10.4 Å². The van der Waals surface area contributed by atoms with Gasteiger partial charge in [-0.15, -0.1) is 0 Å². The van der Waals surface area contributed by atoms with Crippen molar-refractivity contribution in [2.45, 2.75) is 4.90 Å². The monoisotopic (exact) mass is 281 g/mol. The smallest absolute Gasteiger partial charge is 0.322 e. The molecule has 6 nitrogen and oxygen atoms in total. The van der Waals surface area contributed by atoms with Gasteiger partial charge >= 0.3 is 5.97 Å². The van der Waals surface area contributed by atoms with Gasteiger partial charge in [-0.1, -0.05) is 24.3 Å². The second kappa shape index (κ2) is 4.87. The van der Waals surface area contributed by atoms with E-state index in [1.54, 1.807) is 24.3 Å². The Kier molecular flexibility index (Phi) is 3.41. The lowest BCUT2D eigenvalue weighted by Gasteiger charge is -2.10. The van der Waals surface area contributed by atoms with E-state index in [-0.39, 0.29) is 11.4 Å². The number of rotatable bonds is 4. The first-order chi connectivity index (χ1) is 8.89. The molecule has 0 aliphatic heterocycles. The van der Waals surface area contributed by atoms with Crippen LogP contribution in [0.15, 0.2) is 41.3 Å². The zero-order valence-electron chi connectivity index (χ0n) is 9.70. The maximum atomic E-state index is 11.3. The summed E-state index contributed by atoms with van der Waals surface area (Å²) in [6.45, 7) is -0.283. The van der Waals surface area contributed by atoms with Crippen molar-refractivity contribution < 1.29 is 22.9 Å². The molecule has 0 spiro atoms. The molecule has 0 saturated heterocycles. The van der Waals surface area contributed by atoms with Gasteiger partial charge in [0.1, 0.15) is 11.4 Å². The van der Waals surface area contributed by atoms with Crippen LogP contribution in [0, 0.1) is 0 Å². The number of anilines is 1. The van der Waals surface area contributed by atoms with E-state index >= 15 is 0 Å². The maximum absolute atomic E-state index is 11.3. The Morgan fingerprint density at radius 3 is 2.32 bits per heavy atom. The highest BCUT2D eigenvalue weighted by molar-refractivity contribution is 7.86. The number of benzene rings is 2. The number of nitrogens with one attached hydrogen (secondary N) is 1. The normalized spacial score (nSPS) is 11.4. The van der Waals surface area contributed by atoms with Crippen LogP contribution in [0.3, 0.4) is 0 Å². The molecule has 7 heteroatoms. The molecule has 0 bridgehead atoms. The number of carboxylic acid groups (broad SMARTS) is 1. The van der Waals surface area contributed by atoms with Gasteiger partial charge in [0.2, 0.25) is 0 Å². The van der Waals surface area contributed by atoms with Crippen LogP contribution in [0.25, 0.3) is 10.8 Å². The van der Waals surface area contributed by atoms with Gasteiger partial charge in [-0.25, -0.2) is 0 Å². The molecule has 0 aromatic heterocycles. The van der Waals surface area contributed by atoms with E-state index in [2.05, 4.69) is 5.32 Å². The van der Waals surface area contributed by atoms with E-state index in [0.29, 0.717) is 16.5 Å². The fraction of sp³-hybridized carbons (Fsp3) is 0.0833. The van der Waals surface area contributed by atoms with Crippen LogP contribution in [0.2, 0.25) is 0 Å². The summed E-state index contributed by atoms with van der Waals surface area (Å²) in [5.74, 6) is -1.03. The minimum absolute atomic E-state index is 0.205. The lowest BCUT2D eigenvalue weighted by molar-refractivity contribution is -0.134. The molecule has 2 aromatic carbocycles. The average molecular weight is 281 g/mol. The largest absolute Gasteiger partial charge is 0.480 e. The van der Waals surface area contributed by atoms with Gasteiger partial charge in [-0.2, -0.15) is 8.42 Å². The lowest BCUT2D eigenvalue weighted by Crippen LogP contribution is -2.12. The highest BCUT2D eigenvalue weighted by atomic mass is 32.2. The van der Waals surface area contributed by atoms with Crippen LogP contribution >= 0.6 is 0 Å². The fourth-order valence-corrected chi connectivity index (χ4v) is 2.52. The molecule has 2 aromatic rings. The second-order valence-electron chi connectivity index (χ2n) is 3.88. The topological polar surface area (TPSA) is 104 Å². The average Bonchev–Trinajstić information content (AvgIpc) is 2.34. The zero-order valence-corrected chi connectivity index (χ0v) is 10.5. The van der Waals surface area contributed by atoms with E-state index in [1.165, 1.54) is 12.1 Å². The van der Waals surface area contributed by atoms with E-state index in [9.17, 15) is 13.2 Å². The van der Waals surface area contributed by atoms with Crippen LogP contribution in [0.4, 0.5) is 5.69 Å². The quantitative estimate of drug-likeness (QED) is 0.735. The third-order valence-corrected chi connectivity index (χ3v) is 3.50. The number of hydrogen-bond donors (Lipinski definition) is 3. The van der Waals surface area contributed by atoms with Crippen molar-refractivity contribution in [3.63, 3.8) is 0 Å². The summed E-state index contributed by atoms with van der Waals surface area (Å²) >= 11 is 0. The van der Waals surface area contributed by atoms with Gasteiger partial charge in [0, 0.05) is 16.5 Å². The van der Waals surface area contributed by atoms with Crippen LogP contribution in [0.1, 0.15) is 0 Å². The first-order valence-corrected chi connectivity index (χ1v) is 6.78. The molecular formula is C12H11NO5S. The maximum Gasteiger partial charge on any atom is 0.322 e. The van der Waals surface area contributed by atoms with Crippen LogP contribution in [-0.4, -0.2) is 30.6 Å². The summed E-state index contributed by atoms with van der Waals surface area (Å²) in [7, 11) is -4.32. The van der Waals surface area contributed by atoms with Crippen LogP contribution in [-0.2, 0) is 14.9 Å². The Hall–Kier alpha value is -2.12. The summed E-state index contributed by atoms with van der Waals surface area (Å²) in [5.41, 5.74) is 0.491. The number of aliphatic carboxylic acids is 1. The van der Waals surface area contributed by atoms with Gasteiger partial charge in [0.25, 0.3) is 10.1 Å². The SMILES string of the molecule is O=C(O)CNc1ccc(S(=O)(=O)O)c2ccccc12. The summed E-state index contributed by atoms with van der Waals surface area (Å²) in [4.78, 5) is 10.3. The standard InChI is InChI=1S/C12H11NO5S/c14-12(15)7-13-10-5-6-11(19(16,17)18)9-4-2-1-3-8(9)10/h1-6,13H,7H2,(H,14,15)(H,16,17,18). The van der Waals surface area contributed by atoms with Crippen LogP contribution in [0.5, 0.6) is 0 Å². The van der Waals surface area contributed by atoms with Crippen molar-refractivity contribution in [3.8, 4) is 0 Å². The van der Waals surface area contributed by atoms with Crippen molar-refractivity contribution in [2.75, 3.05) is 11.9 Å². The first kappa shape index (κ1) is 13.3. The Balaban J connectivity index is 2.62. The van der Waals surface area contributed by atoms with Crippen molar-refractivity contribution in [1.82, 2.24) is 0 Å². The van der Waals surface area contributed by atoms with Crippen molar-refractivity contribution in [2.24, 2.45) is 0 Å². The molecule has 100 valence electrons. The summed E-state index contributed by atoms with van der Waals surface area (Å²) < 4.78 is 31.7. The third kappa shape index (κ3) is 2.83. The van der Waals surface area contributed by atoms with E-state index in [4.69, 9.17) is 9.66 Å². The predicted molar refractivity (Wildman–Crippen MR) is 69.9 cm³/mol. The van der Waals surface area contributed by atoms with Gasteiger partial charge in [-0.3, -0.25) is 9.35 Å². The molecule has 0 aliphatic rings.